The van der Waals surface area contributed by atoms with Gasteiger partial charge in [-0.25, -0.2) is 4.98 Å². The van der Waals surface area contributed by atoms with Gasteiger partial charge in [0.05, 0.1) is 11.2 Å². The predicted octanol–water partition coefficient (Wildman–Crippen LogP) is 2.16. The fourth-order valence-electron chi connectivity index (χ4n) is 1.70. The Morgan fingerprint density at radius 1 is 1.33 bits per heavy atom. The third-order valence-corrected chi connectivity index (χ3v) is 3.35. The summed E-state index contributed by atoms with van der Waals surface area (Å²) < 4.78 is 38.0. The van der Waals surface area contributed by atoms with E-state index in [4.69, 9.17) is 5.73 Å². The van der Waals surface area contributed by atoms with E-state index in [2.05, 4.69) is 10.3 Å². The van der Waals surface area contributed by atoms with Crippen LogP contribution in [-0.4, -0.2) is 28.1 Å². The Kier molecular flexibility index (Phi) is 5.16. The lowest BCUT2D eigenvalue weighted by atomic mass is 9.97. The number of rotatable bonds is 6. The van der Waals surface area contributed by atoms with Gasteiger partial charge in [-0.15, -0.1) is 0 Å². The van der Waals surface area contributed by atoms with Gasteiger partial charge in [-0.2, -0.15) is 13.2 Å². The second-order valence-electron chi connectivity index (χ2n) is 4.74. The molecule has 0 aliphatic carbocycles. The van der Waals surface area contributed by atoms with Gasteiger partial charge in [0.1, 0.15) is 11.5 Å². The van der Waals surface area contributed by atoms with Crippen molar-refractivity contribution in [3.8, 4) is 0 Å². The topological polar surface area (TPSA) is 88.2 Å². The number of amides is 1. The summed E-state index contributed by atoms with van der Waals surface area (Å²) in [6.07, 6.45) is -3.82. The molecule has 0 atom stereocenters. The summed E-state index contributed by atoms with van der Waals surface area (Å²) in [4.78, 5) is 14.6. The highest BCUT2D eigenvalue weighted by atomic mass is 19.4. The van der Waals surface area contributed by atoms with Crippen molar-refractivity contribution in [3.63, 3.8) is 0 Å². The first-order valence-corrected chi connectivity index (χ1v) is 6.47. The van der Waals surface area contributed by atoms with Crippen LogP contribution in [0.25, 0.3) is 0 Å². The molecule has 0 radical (unpaired) electrons. The minimum atomic E-state index is -4.63. The van der Waals surface area contributed by atoms with Gasteiger partial charge < -0.3 is 16.2 Å². The van der Waals surface area contributed by atoms with Gasteiger partial charge in [0, 0.05) is 6.54 Å². The van der Waals surface area contributed by atoms with E-state index in [1.54, 1.807) is 13.8 Å². The summed E-state index contributed by atoms with van der Waals surface area (Å²) in [5, 5.41) is 12.7. The molecule has 118 valence electrons. The van der Waals surface area contributed by atoms with Crippen LogP contribution in [0, 0.1) is 0 Å². The largest absolute Gasteiger partial charge is 0.433 e. The molecule has 0 aromatic carbocycles. The van der Waals surface area contributed by atoms with Crippen LogP contribution in [0.5, 0.6) is 0 Å². The van der Waals surface area contributed by atoms with Crippen molar-refractivity contribution in [1.29, 1.82) is 0 Å². The number of pyridine rings is 1. The number of halogens is 3. The van der Waals surface area contributed by atoms with Crippen LogP contribution in [0.1, 0.15) is 42.7 Å². The SMILES string of the molecule is CCC(O)(CC)CNc1nc(C(F)(F)F)ccc1C(N)=O. The summed E-state index contributed by atoms with van der Waals surface area (Å²) in [6, 6.07) is 1.66. The van der Waals surface area contributed by atoms with Crippen LogP contribution in [0.2, 0.25) is 0 Å². The molecule has 0 saturated carbocycles. The van der Waals surface area contributed by atoms with Gasteiger partial charge in [0.15, 0.2) is 0 Å². The summed E-state index contributed by atoms with van der Waals surface area (Å²) in [5.74, 6) is -1.17. The number of alkyl halides is 3. The Bertz CT molecular complexity index is 514. The molecule has 0 aliphatic heterocycles. The minimum Gasteiger partial charge on any atom is -0.388 e. The number of anilines is 1. The number of carbonyl (C=O) groups excluding carboxylic acids is 1. The Morgan fingerprint density at radius 3 is 2.33 bits per heavy atom. The predicted molar refractivity (Wildman–Crippen MR) is 71.8 cm³/mol. The molecular weight excluding hydrogens is 287 g/mol. The highest BCUT2D eigenvalue weighted by Crippen LogP contribution is 2.29. The van der Waals surface area contributed by atoms with Gasteiger partial charge in [-0.05, 0) is 25.0 Å². The van der Waals surface area contributed by atoms with E-state index in [1.165, 1.54) is 0 Å². The summed E-state index contributed by atoms with van der Waals surface area (Å²) in [5.41, 5.74) is 2.74. The molecule has 1 heterocycles. The van der Waals surface area contributed by atoms with Crippen LogP contribution in [0.15, 0.2) is 12.1 Å². The number of nitrogens with two attached hydrogens (primary N) is 1. The maximum atomic E-state index is 12.7. The molecule has 0 saturated heterocycles. The molecule has 21 heavy (non-hydrogen) atoms. The fourth-order valence-corrected chi connectivity index (χ4v) is 1.70. The molecule has 0 bridgehead atoms. The van der Waals surface area contributed by atoms with Gasteiger partial charge >= 0.3 is 6.18 Å². The smallest absolute Gasteiger partial charge is 0.388 e. The molecule has 1 amide bonds. The van der Waals surface area contributed by atoms with E-state index in [0.717, 1.165) is 6.07 Å². The van der Waals surface area contributed by atoms with Crippen molar-refractivity contribution in [2.45, 2.75) is 38.5 Å². The first-order chi connectivity index (χ1) is 9.63. The van der Waals surface area contributed by atoms with Crippen LogP contribution in [0.3, 0.4) is 0 Å². The zero-order valence-corrected chi connectivity index (χ0v) is 11.8. The lowest BCUT2D eigenvalue weighted by molar-refractivity contribution is -0.141. The maximum Gasteiger partial charge on any atom is 0.433 e. The van der Waals surface area contributed by atoms with Crippen molar-refractivity contribution in [2.75, 3.05) is 11.9 Å². The first kappa shape index (κ1) is 17.2. The lowest BCUT2D eigenvalue weighted by Crippen LogP contribution is -2.36. The quantitative estimate of drug-likeness (QED) is 0.751. The molecule has 4 N–H and O–H groups in total. The standard InChI is InChI=1S/C13H18F3N3O2/c1-3-12(21,4-2)7-18-11-8(10(17)20)5-6-9(19-11)13(14,15)16/h5-6,21H,3-4,7H2,1-2H3,(H2,17,20)(H,18,19). The van der Waals surface area contributed by atoms with Crippen molar-refractivity contribution in [1.82, 2.24) is 4.98 Å². The molecular formula is C13H18F3N3O2. The molecule has 0 aliphatic rings. The van der Waals surface area contributed by atoms with E-state index < -0.39 is 23.4 Å². The number of primary amides is 1. The normalized spacial score (nSPS) is 12.3. The number of aliphatic hydroxyl groups is 1. The Labute approximate surface area is 120 Å². The summed E-state index contributed by atoms with van der Waals surface area (Å²) in [7, 11) is 0. The number of hydrogen-bond acceptors (Lipinski definition) is 4. The molecule has 1 aromatic heterocycles. The van der Waals surface area contributed by atoms with Crippen LogP contribution >= 0.6 is 0 Å². The number of aromatic nitrogens is 1. The number of hydrogen-bond donors (Lipinski definition) is 3. The zero-order chi connectivity index (χ0) is 16.3. The first-order valence-electron chi connectivity index (χ1n) is 6.47. The van der Waals surface area contributed by atoms with Crippen molar-refractivity contribution in [2.24, 2.45) is 5.73 Å². The summed E-state index contributed by atoms with van der Waals surface area (Å²) >= 11 is 0. The van der Waals surface area contributed by atoms with Crippen LogP contribution in [0.4, 0.5) is 19.0 Å². The molecule has 5 nitrogen and oxygen atoms in total. The molecule has 0 spiro atoms. The molecule has 8 heteroatoms. The molecule has 0 unspecified atom stereocenters. The molecule has 1 aromatic rings. The highest BCUT2D eigenvalue weighted by Gasteiger charge is 2.33. The van der Waals surface area contributed by atoms with Gasteiger partial charge in [0.2, 0.25) is 0 Å². The van der Waals surface area contributed by atoms with Crippen molar-refractivity contribution < 1.29 is 23.1 Å². The Hall–Kier alpha value is -1.83. The average Bonchev–Trinajstić information content (AvgIpc) is 2.43. The highest BCUT2D eigenvalue weighted by molar-refractivity contribution is 5.97. The molecule has 1 rings (SSSR count). The van der Waals surface area contributed by atoms with Gasteiger partial charge in [0.25, 0.3) is 5.91 Å². The van der Waals surface area contributed by atoms with Gasteiger partial charge in [-0.1, -0.05) is 13.8 Å². The number of nitrogens with one attached hydrogen (secondary N) is 1. The van der Waals surface area contributed by atoms with E-state index in [0.29, 0.717) is 18.9 Å². The third kappa shape index (κ3) is 4.32. The average molecular weight is 305 g/mol. The number of carbonyl (C=O) groups is 1. The second-order valence-corrected chi connectivity index (χ2v) is 4.74. The third-order valence-electron chi connectivity index (χ3n) is 3.35. The van der Waals surface area contributed by atoms with E-state index >= 15 is 0 Å². The molecule has 0 fully saturated rings. The van der Waals surface area contributed by atoms with Crippen molar-refractivity contribution >= 4 is 11.7 Å². The summed E-state index contributed by atoms with van der Waals surface area (Å²) in [6.45, 7) is 3.47. The maximum absolute atomic E-state index is 12.7. The van der Waals surface area contributed by atoms with Gasteiger partial charge in [-0.3, -0.25) is 4.79 Å². The minimum absolute atomic E-state index is 0.0331. The fraction of sp³-hybridized carbons (Fsp3) is 0.538. The second kappa shape index (κ2) is 6.30. The Balaban J connectivity index is 3.10. The Morgan fingerprint density at radius 2 is 1.90 bits per heavy atom. The van der Waals surface area contributed by atoms with E-state index in [9.17, 15) is 23.1 Å². The van der Waals surface area contributed by atoms with Crippen LogP contribution < -0.4 is 11.1 Å². The van der Waals surface area contributed by atoms with Crippen molar-refractivity contribution in [3.05, 3.63) is 23.4 Å². The van der Waals surface area contributed by atoms with E-state index in [1.807, 2.05) is 0 Å². The monoisotopic (exact) mass is 305 g/mol. The van der Waals surface area contributed by atoms with Crippen LogP contribution in [-0.2, 0) is 6.18 Å². The lowest BCUT2D eigenvalue weighted by Gasteiger charge is -2.26. The zero-order valence-electron chi connectivity index (χ0n) is 11.8. The van der Waals surface area contributed by atoms with E-state index in [-0.39, 0.29) is 17.9 Å². The number of nitrogens with zero attached hydrogens (tertiary/aromatic N) is 1.